The van der Waals surface area contributed by atoms with Gasteiger partial charge in [-0.1, -0.05) is 25.7 Å². The predicted octanol–water partition coefficient (Wildman–Crippen LogP) is 2.50. The van der Waals surface area contributed by atoms with Gasteiger partial charge < -0.3 is 10.5 Å². The third kappa shape index (κ3) is 5.41. The molecule has 3 heteroatoms. The van der Waals surface area contributed by atoms with Crippen molar-refractivity contribution in [2.24, 2.45) is 11.1 Å². The molecular weight excluding hydrogens is 260 g/mol. The van der Waals surface area contributed by atoms with Crippen LogP contribution in [0.2, 0.25) is 0 Å². The summed E-state index contributed by atoms with van der Waals surface area (Å²) < 4.78 is 5.81. The van der Waals surface area contributed by atoms with Gasteiger partial charge in [0.25, 0.3) is 0 Å². The lowest BCUT2D eigenvalue weighted by atomic mass is 9.83. The molecular formula is C18H26N2O. The molecule has 1 aromatic rings. The minimum absolute atomic E-state index is 0.394. The van der Waals surface area contributed by atoms with Gasteiger partial charge in [0.2, 0.25) is 0 Å². The molecule has 2 rings (SSSR count). The number of nitrogens with two attached hydrogens (primary N) is 1. The van der Waals surface area contributed by atoms with E-state index in [4.69, 9.17) is 10.5 Å². The number of ether oxygens (including phenoxy) is 1. The maximum atomic E-state index is 5.81. The number of rotatable bonds is 4. The summed E-state index contributed by atoms with van der Waals surface area (Å²) in [6.45, 7) is 9.23. The summed E-state index contributed by atoms with van der Waals surface area (Å²) in [7, 11) is 0. The van der Waals surface area contributed by atoms with Crippen molar-refractivity contribution in [2.75, 3.05) is 32.8 Å². The Labute approximate surface area is 128 Å². The highest BCUT2D eigenvalue weighted by Crippen LogP contribution is 2.29. The zero-order valence-electron chi connectivity index (χ0n) is 13.2. The average Bonchev–Trinajstić information content (AvgIpc) is 2.48. The lowest BCUT2D eigenvalue weighted by molar-refractivity contribution is 0.116. The van der Waals surface area contributed by atoms with Crippen molar-refractivity contribution in [3.8, 4) is 17.6 Å². The first-order valence-electron chi connectivity index (χ1n) is 7.73. The van der Waals surface area contributed by atoms with E-state index in [9.17, 15) is 0 Å². The van der Waals surface area contributed by atoms with Gasteiger partial charge in [-0.05, 0) is 55.6 Å². The fourth-order valence-electron chi connectivity index (χ4n) is 2.46. The summed E-state index contributed by atoms with van der Waals surface area (Å²) in [6.07, 6.45) is 2.56. The van der Waals surface area contributed by atoms with Crippen LogP contribution >= 0.6 is 0 Å². The summed E-state index contributed by atoms with van der Waals surface area (Å²) in [6, 6.07) is 7.89. The molecule has 3 nitrogen and oxygen atoms in total. The van der Waals surface area contributed by atoms with E-state index in [2.05, 4.69) is 30.6 Å². The molecule has 0 bridgehead atoms. The number of nitrogens with zero attached hydrogens (tertiary/aromatic N) is 1. The minimum Gasteiger partial charge on any atom is -0.492 e. The highest BCUT2D eigenvalue weighted by Gasteiger charge is 2.24. The van der Waals surface area contributed by atoms with Gasteiger partial charge in [-0.3, -0.25) is 4.90 Å². The van der Waals surface area contributed by atoms with Crippen LogP contribution in [0, 0.1) is 17.3 Å². The van der Waals surface area contributed by atoms with Crippen LogP contribution in [0.15, 0.2) is 24.3 Å². The first kappa shape index (κ1) is 15.9. The van der Waals surface area contributed by atoms with E-state index in [0.717, 1.165) is 24.5 Å². The number of benzene rings is 1. The molecule has 0 unspecified atom stereocenters. The molecule has 1 saturated heterocycles. The Morgan fingerprint density at radius 1 is 1.19 bits per heavy atom. The molecule has 0 radical (unpaired) electrons. The normalized spacial score (nSPS) is 17.9. The van der Waals surface area contributed by atoms with Crippen molar-refractivity contribution in [1.29, 1.82) is 0 Å². The molecule has 0 aliphatic carbocycles. The molecule has 0 spiro atoms. The quantitative estimate of drug-likeness (QED) is 0.864. The van der Waals surface area contributed by atoms with E-state index < -0.39 is 0 Å². The van der Waals surface area contributed by atoms with Gasteiger partial charge in [-0.25, -0.2) is 0 Å². The van der Waals surface area contributed by atoms with Crippen molar-refractivity contribution < 1.29 is 4.74 Å². The maximum absolute atomic E-state index is 5.81. The van der Waals surface area contributed by atoms with Crippen molar-refractivity contribution in [1.82, 2.24) is 4.90 Å². The second-order valence-corrected chi connectivity index (χ2v) is 6.38. The number of piperidine rings is 1. The fourth-order valence-corrected chi connectivity index (χ4v) is 2.46. The van der Waals surface area contributed by atoms with Gasteiger partial charge in [0.05, 0.1) is 6.54 Å². The Kier molecular flexibility index (Phi) is 5.67. The summed E-state index contributed by atoms with van der Waals surface area (Å²) >= 11 is 0. The summed E-state index contributed by atoms with van der Waals surface area (Å²) in [4.78, 5) is 2.49. The summed E-state index contributed by atoms with van der Waals surface area (Å²) in [5.74, 6) is 6.76. The zero-order chi connectivity index (χ0) is 15.1. The topological polar surface area (TPSA) is 38.5 Å². The zero-order valence-corrected chi connectivity index (χ0v) is 13.2. The van der Waals surface area contributed by atoms with E-state index in [-0.39, 0.29) is 0 Å². The van der Waals surface area contributed by atoms with E-state index in [0.29, 0.717) is 12.0 Å². The Bertz CT molecular complexity index is 486. The van der Waals surface area contributed by atoms with Crippen LogP contribution in [0.25, 0.3) is 0 Å². The van der Waals surface area contributed by atoms with Crippen LogP contribution in [0.3, 0.4) is 0 Å². The lowest BCUT2D eigenvalue weighted by Crippen LogP contribution is -2.39. The second-order valence-electron chi connectivity index (χ2n) is 6.38. The average molecular weight is 286 g/mol. The molecule has 2 N–H and O–H groups in total. The van der Waals surface area contributed by atoms with Gasteiger partial charge >= 0.3 is 0 Å². The van der Waals surface area contributed by atoms with Gasteiger partial charge in [-0.2, -0.15) is 0 Å². The molecule has 1 aliphatic rings. The molecule has 0 atom stereocenters. The van der Waals surface area contributed by atoms with E-state index in [1.54, 1.807) is 0 Å². The van der Waals surface area contributed by atoms with E-state index in [1.807, 2.05) is 24.3 Å². The van der Waals surface area contributed by atoms with E-state index in [1.165, 1.54) is 25.9 Å². The monoisotopic (exact) mass is 286 g/mol. The molecule has 114 valence electrons. The molecule has 1 aliphatic heterocycles. The summed E-state index contributed by atoms with van der Waals surface area (Å²) in [5.41, 5.74) is 6.85. The smallest absolute Gasteiger partial charge is 0.119 e. The minimum atomic E-state index is 0.394. The Hall–Kier alpha value is -1.50. The largest absolute Gasteiger partial charge is 0.492 e. The van der Waals surface area contributed by atoms with E-state index >= 15 is 0 Å². The Morgan fingerprint density at radius 3 is 2.48 bits per heavy atom. The first-order chi connectivity index (χ1) is 10.1. The van der Waals surface area contributed by atoms with Crippen LogP contribution in [-0.2, 0) is 0 Å². The first-order valence-corrected chi connectivity index (χ1v) is 7.73. The second kappa shape index (κ2) is 7.49. The number of hydrogen-bond donors (Lipinski definition) is 1. The highest BCUT2D eigenvalue weighted by atomic mass is 16.5. The van der Waals surface area contributed by atoms with Gasteiger partial charge in [0.15, 0.2) is 0 Å². The molecule has 1 aromatic carbocycles. The van der Waals surface area contributed by atoms with Crippen molar-refractivity contribution in [3.63, 3.8) is 0 Å². The maximum Gasteiger partial charge on any atom is 0.119 e. The lowest BCUT2D eigenvalue weighted by Gasteiger charge is -2.36. The Morgan fingerprint density at radius 2 is 1.86 bits per heavy atom. The van der Waals surface area contributed by atoms with Crippen LogP contribution in [0.1, 0.15) is 32.3 Å². The number of likely N-dealkylation sites (tertiary alicyclic amines) is 1. The van der Waals surface area contributed by atoms with Crippen molar-refractivity contribution >= 4 is 0 Å². The van der Waals surface area contributed by atoms with Crippen LogP contribution < -0.4 is 10.5 Å². The molecule has 0 aromatic heterocycles. The summed E-state index contributed by atoms with van der Waals surface area (Å²) in [5, 5.41) is 0. The van der Waals surface area contributed by atoms with Crippen LogP contribution in [-0.4, -0.2) is 37.7 Å². The van der Waals surface area contributed by atoms with Gasteiger partial charge in [0.1, 0.15) is 12.4 Å². The third-order valence-electron chi connectivity index (χ3n) is 4.07. The van der Waals surface area contributed by atoms with Crippen LogP contribution in [0.4, 0.5) is 0 Å². The fraction of sp³-hybridized carbons (Fsp3) is 0.556. The number of hydrogen-bond acceptors (Lipinski definition) is 3. The third-order valence-corrected chi connectivity index (χ3v) is 4.07. The van der Waals surface area contributed by atoms with Crippen molar-refractivity contribution in [3.05, 3.63) is 29.8 Å². The molecule has 1 heterocycles. The van der Waals surface area contributed by atoms with Crippen LogP contribution in [0.5, 0.6) is 5.75 Å². The SMILES string of the molecule is CC1(C)CCN(CCOc2ccc(C#CCN)cc2)CC1. The molecule has 0 saturated carbocycles. The predicted molar refractivity (Wildman–Crippen MR) is 87.3 cm³/mol. The Balaban J connectivity index is 1.71. The van der Waals surface area contributed by atoms with Crippen molar-refractivity contribution in [2.45, 2.75) is 26.7 Å². The standard InChI is InChI=1S/C18H26N2O/c1-18(2)9-12-20(13-10-18)14-15-21-17-7-5-16(6-8-17)4-3-11-19/h5-8H,9-15,19H2,1-2H3. The highest BCUT2D eigenvalue weighted by molar-refractivity contribution is 5.38. The molecule has 21 heavy (non-hydrogen) atoms. The molecule has 0 amide bonds. The molecule has 1 fully saturated rings. The van der Waals surface area contributed by atoms with Gasteiger partial charge in [0, 0.05) is 12.1 Å². The van der Waals surface area contributed by atoms with Gasteiger partial charge in [-0.15, -0.1) is 0 Å².